The first-order valence-corrected chi connectivity index (χ1v) is 11.9. The van der Waals surface area contributed by atoms with Crippen LogP contribution in [0.15, 0.2) is 36.5 Å². The van der Waals surface area contributed by atoms with E-state index in [1.807, 2.05) is 38.1 Å². The largest absolute Gasteiger partial charge is 0.493 e. The number of fused-ring (bicyclic) bond motifs is 1. The van der Waals surface area contributed by atoms with Crippen molar-refractivity contribution < 1.29 is 24.1 Å². The Labute approximate surface area is 206 Å². The van der Waals surface area contributed by atoms with E-state index in [1.165, 1.54) is 24.2 Å². The number of ether oxygens (including phenoxy) is 3. The molecule has 0 unspecified atom stereocenters. The summed E-state index contributed by atoms with van der Waals surface area (Å²) in [6.45, 7) is 7.08. The average Bonchev–Trinajstić information content (AvgIpc) is 2.86. The minimum absolute atomic E-state index is 0.437. The van der Waals surface area contributed by atoms with Crippen LogP contribution >= 0.6 is 0 Å². The Bertz CT molecular complexity index is 1210. The topological polar surface area (TPSA) is 84.4 Å². The van der Waals surface area contributed by atoms with Gasteiger partial charge in [-0.2, -0.15) is 0 Å². The van der Waals surface area contributed by atoms with Crippen molar-refractivity contribution in [2.75, 3.05) is 45.3 Å². The average molecular weight is 480 g/mol. The third-order valence-electron chi connectivity index (χ3n) is 6.53. The molecule has 0 bridgehead atoms. The molecule has 1 aliphatic rings. The smallest absolute Gasteiger partial charge is 0.411 e. The molecule has 1 aromatic heterocycles. The lowest BCUT2D eigenvalue weighted by Crippen LogP contribution is -2.40. The maximum absolute atomic E-state index is 12.1. The summed E-state index contributed by atoms with van der Waals surface area (Å²) in [6.07, 6.45) is 4.36. The van der Waals surface area contributed by atoms with Gasteiger partial charge in [0.2, 0.25) is 0 Å². The SMILES string of the molecule is COc1cc2nccc(Oc3cc(C)c(N(CCN4CCCCC4)C(=O)O)cc3C)c2cc1OC. The number of pyridine rings is 1. The highest BCUT2D eigenvalue weighted by atomic mass is 16.5. The Hall–Kier alpha value is -3.52. The summed E-state index contributed by atoms with van der Waals surface area (Å²) in [5.41, 5.74) is 3.09. The second-order valence-electron chi connectivity index (χ2n) is 8.88. The number of carbonyl (C=O) groups is 1. The zero-order chi connectivity index (χ0) is 24.9. The molecule has 2 heterocycles. The summed E-state index contributed by atoms with van der Waals surface area (Å²) < 4.78 is 17.2. The number of hydrogen-bond donors (Lipinski definition) is 1. The molecular formula is C27H33N3O5. The number of piperidine rings is 1. The first kappa shape index (κ1) is 24.6. The lowest BCUT2D eigenvalue weighted by molar-refractivity contribution is 0.196. The first-order valence-electron chi connectivity index (χ1n) is 11.9. The van der Waals surface area contributed by atoms with Gasteiger partial charge in [0.05, 0.1) is 25.4 Å². The van der Waals surface area contributed by atoms with E-state index >= 15 is 0 Å². The molecule has 1 fully saturated rings. The molecular weight excluding hydrogens is 446 g/mol. The zero-order valence-corrected chi connectivity index (χ0v) is 20.8. The van der Waals surface area contributed by atoms with Gasteiger partial charge in [0.25, 0.3) is 0 Å². The van der Waals surface area contributed by atoms with Gasteiger partial charge in [-0.3, -0.25) is 9.88 Å². The molecule has 35 heavy (non-hydrogen) atoms. The number of nitrogens with zero attached hydrogens (tertiary/aromatic N) is 3. The van der Waals surface area contributed by atoms with Gasteiger partial charge in [-0.05, 0) is 75.2 Å². The maximum atomic E-state index is 12.1. The van der Waals surface area contributed by atoms with Gasteiger partial charge in [-0.15, -0.1) is 0 Å². The van der Waals surface area contributed by atoms with Crippen LogP contribution in [0.3, 0.4) is 0 Å². The molecule has 8 heteroatoms. The van der Waals surface area contributed by atoms with Crippen LogP contribution in [0.5, 0.6) is 23.0 Å². The minimum atomic E-state index is -0.945. The molecule has 1 amide bonds. The van der Waals surface area contributed by atoms with Crippen LogP contribution in [0.4, 0.5) is 10.5 Å². The van der Waals surface area contributed by atoms with Crippen LogP contribution in [0.2, 0.25) is 0 Å². The molecule has 1 saturated heterocycles. The highest BCUT2D eigenvalue weighted by molar-refractivity contribution is 5.89. The third-order valence-corrected chi connectivity index (χ3v) is 6.53. The van der Waals surface area contributed by atoms with E-state index in [0.717, 1.165) is 41.7 Å². The number of likely N-dealkylation sites (tertiary alicyclic amines) is 1. The van der Waals surface area contributed by atoms with Crippen molar-refractivity contribution >= 4 is 22.7 Å². The Morgan fingerprint density at radius 1 is 0.971 bits per heavy atom. The zero-order valence-electron chi connectivity index (χ0n) is 20.8. The lowest BCUT2D eigenvalue weighted by Gasteiger charge is -2.29. The van der Waals surface area contributed by atoms with Gasteiger partial charge in [0.15, 0.2) is 11.5 Å². The van der Waals surface area contributed by atoms with Gasteiger partial charge in [-0.25, -0.2) is 4.79 Å². The van der Waals surface area contributed by atoms with Crippen molar-refractivity contribution in [1.82, 2.24) is 9.88 Å². The maximum Gasteiger partial charge on any atom is 0.411 e. The lowest BCUT2D eigenvalue weighted by atomic mass is 10.1. The number of aromatic nitrogens is 1. The fourth-order valence-corrected chi connectivity index (χ4v) is 4.57. The standard InChI is InChI=1S/C27H33N3O5/c1-18-15-24(35-23-8-9-28-21-17-26(34-4)25(33-3)16-20(21)23)19(2)14-22(18)30(27(31)32)13-12-29-10-6-5-7-11-29/h8-9,14-17H,5-7,10-13H2,1-4H3,(H,31,32). The van der Waals surface area contributed by atoms with E-state index < -0.39 is 6.09 Å². The molecule has 1 aliphatic heterocycles. The van der Waals surface area contributed by atoms with Crippen molar-refractivity contribution in [3.05, 3.63) is 47.7 Å². The third kappa shape index (κ3) is 5.43. The van der Waals surface area contributed by atoms with Crippen molar-refractivity contribution in [3.63, 3.8) is 0 Å². The number of methoxy groups -OCH3 is 2. The summed E-state index contributed by atoms with van der Waals surface area (Å²) >= 11 is 0. The second-order valence-corrected chi connectivity index (χ2v) is 8.88. The Kier molecular flexibility index (Phi) is 7.60. The van der Waals surface area contributed by atoms with Crippen molar-refractivity contribution in [2.24, 2.45) is 0 Å². The molecule has 0 atom stereocenters. The number of benzene rings is 2. The van der Waals surface area contributed by atoms with Crippen LogP contribution in [0.1, 0.15) is 30.4 Å². The number of hydrogen-bond acceptors (Lipinski definition) is 6. The monoisotopic (exact) mass is 479 g/mol. The fraction of sp³-hybridized carbons (Fsp3) is 0.407. The normalized spacial score (nSPS) is 14.1. The molecule has 4 rings (SSSR count). The van der Waals surface area contributed by atoms with Crippen LogP contribution in [-0.4, -0.2) is 61.5 Å². The molecule has 0 radical (unpaired) electrons. The van der Waals surface area contributed by atoms with Crippen LogP contribution in [0.25, 0.3) is 10.9 Å². The Morgan fingerprint density at radius 3 is 2.37 bits per heavy atom. The number of anilines is 1. The molecule has 3 aromatic rings. The van der Waals surface area contributed by atoms with Crippen LogP contribution in [-0.2, 0) is 0 Å². The molecule has 2 aromatic carbocycles. The molecule has 0 aliphatic carbocycles. The van der Waals surface area contributed by atoms with Gasteiger partial charge < -0.3 is 24.2 Å². The Morgan fingerprint density at radius 2 is 1.69 bits per heavy atom. The van der Waals surface area contributed by atoms with Gasteiger partial charge in [-0.1, -0.05) is 6.42 Å². The summed E-state index contributed by atoms with van der Waals surface area (Å²) in [7, 11) is 3.18. The molecule has 186 valence electrons. The first-order chi connectivity index (χ1) is 16.9. The summed E-state index contributed by atoms with van der Waals surface area (Å²) in [6, 6.07) is 9.25. The Balaban J connectivity index is 1.61. The van der Waals surface area contributed by atoms with Gasteiger partial charge in [0.1, 0.15) is 11.5 Å². The van der Waals surface area contributed by atoms with Gasteiger partial charge in [0, 0.05) is 30.7 Å². The minimum Gasteiger partial charge on any atom is -0.493 e. The summed E-state index contributed by atoms with van der Waals surface area (Å²) in [4.78, 5) is 20.3. The number of amides is 1. The van der Waals surface area contributed by atoms with Crippen LogP contribution < -0.4 is 19.1 Å². The molecule has 0 saturated carbocycles. The molecule has 1 N–H and O–H groups in total. The number of aryl methyl sites for hydroxylation is 2. The second kappa shape index (κ2) is 10.8. The summed E-state index contributed by atoms with van der Waals surface area (Å²) in [5.74, 6) is 2.48. The van der Waals surface area contributed by atoms with Crippen molar-refractivity contribution in [2.45, 2.75) is 33.1 Å². The van der Waals surface area contributed by atoms with Crippen molar-refractivity contribution in [3.8, 4) is 23.0 Å². The van der Waals surface area contributed by atoms with E-state index in [4.69, 9.17) is 14.2 Å². The predicted octanol–water partition coefficient (Wildman–Crippen LogP) is 5.63. The van der Waals surface area contributed by atoms with E-state index in [1.54, 1.807) is 26.5 Å². The molecule has 0 spiro atoms. The number of carboxylic acid groups (broad SMARTS) is 1. The van der Waals surface area contributed by atoms with Crippen molar-refractivity contribution in [1.29, 1.82) is 0 Å². The van der Waals surface area contributed by atoms with Crippen LogP contribution in [0, 0.1) is 13.8 Å². The van der Waals surface area contributed by atoms with E-state index in [-0.39, 0.29) is 0 Å². The highest BCUT2D eigenvalue weighted by Crippen LogP contribution is 2.38. The summed E-state index contributed by atoms with van der Waals surface area (Å²) in [5, 5.41) is 10.7. The fourth-order valence-electron chi connectivity index (χ4n) is 4.57. The molecule has 8 nitrogen and oxygen atoms in total. The predicted molar refractivity (Wildman–Crippen MR) is 136 cm³/mol. The number of rotatable bonds is 8. The van der Waals surface area contributed by atoms with Gasteiger partial charge >= 0.3 is 6.09 Å². The van der Waals surface area contributed by atoms with E-state index in [0.29, 0.717) is 35.2 Å². The quantitative estimate of drug-likeness (QED) is 0.448. The van der Waals surface area contributed by atoms with E-state index in [2.05, 4.69) is 9.88 Å². The van der Waals surface area contributed by atoms with E-state index in [9.17, 15) is 9.90 Å². The highest BCUT2D eigenvalue weighted by Gasteiger charge is 2.21.